The molecule has 0 aliphatic rings. The molecule has 1 amide bonds. The molecule has 0 aromatic heterocycles. The standard InChI is InChI=1S/C14H20BrFN2O/c1-3-9(2)13(17)14(19)18-7-6-10-8-11(15)4-5-12(10)16/h4-5,8-9,13H,3,6-7,17H2,1-2H3,(H,18,19). The van der Waals surface area contributed by atoms with Crippen LogP contribution in [0.15, 0.2) is 22.7 Å². The lowest BCUT2D eigenvalue weighted by Crippen LogP contribution is -2.45. The predicted molar refractivity (Wildman–Crippen MR) is 78.2 cm³/mol. The molecule has 3 N–H and O–H groups in total. The Morgan fingerprint density at radius 2 is 2.21 bits per heavy atom. The van der Waals surface area contributed by atoms with Gasteiger partial charge in [0.05, 0.1) is 6.04 Å². The summed E-state index contributed by atoms with van der Waals surface area (Å²) in [6, 6.07) is 4.27. The van der Waals surface area contributed by atoms with Gasteiger partial charge in [0, 0.05) is 11.0 Å². The average molecular weight is 331 g/mol. The third-order valence-corrected chi connectivity index (χ3v) is 3.75. The Kier molecular flexibility index (Phi) is 6.45. The van der Waals surface area contributed by atoms with Crippen LogP contribution in [0, 0.1) is 11.7 Å². The fourth-order valence-corrected chi connectivity index (χ4v) is 2.09. The SMILES string of the molecule is CCC(C)C(N)C(=O)NCCc1cc(Br)ccc1F. The minimum absolute atomic E-state index is 0.141. The summed E-state index contributed by atoms with van der Waals surface area (Å²) in [5.41, 5.74) is 6.39. The maximum atomic E-state index is 13.5. The first kappa shape index (κ1) is 16.1. The van der Waals surface area contributed by atoms with Crippen LogP contribution in [0.25, 0.3) is 0 Å². The van der Waals surface area contributed by atoms with Crippen molar-refractivity contribution in [1.82, 2.24) is 5.32 Å². The van der Waals surface area contributed by atoms with E-state index in [1.807, 2.05) is 13.8 Å². The molecule has 0 saturated heterocycles. The Labute approximate surface area is 121 Å². The van der Waals surface area contributed by atoms with Crippen LogP contribution in [-0.4, -0.2) is 18.5 Å². The van der Waals surface area contributed by atoms with Crippen LogP contribution in [-0.2, 0) is 11.2 Å². The normalized spacial score (nSPS) is 13.9. The number of hydrogen-bond acceptors (Lipinski definition) is 2. The molecule has 19 heavy (non-hydrogen) atoms. The molecule has 3 nitrogen and oxygen atoms in total. The van der Waals surface area contributed by atoms with Crippen molar-refractivity contribution < 1.29 is 9.18 Å². The smallest absolute Gasteiger partial charge is 0.237 e. The van der Waals surface area contributed by atoms with Crippen molar-refractivity contribution in [2.24, 2.45) is 11.7 Å². The monoisotopic (exact) mass is 330 g/mol. The lowest BCUT2D eigenvalue weighted by molar-refractivity contribution is -0.123. The number of rotatable bonds is 6. The molecule has 1 rings (SSSR count). The van der Waals surface area contributed by atoms with Crippen LogP contribution in [0.5, 0.6) is 0 Å². The van der Waals surface area contributed by atoms with Gasteiger partial charge in [-0.3, -0.25) is 4.79 Å². The van der Waals surface area contributed by atoms with Crippen LogP contribution in [0.2, 0.25) is 0 Å². The Balaban J connectivity index is 2.46. The van der Waals surface area contributed by atoms with Crippen molar-refractivity contribution in [2.75, 3.05) is 6.54 Å². The number of halogens is 2. The first-order chi connectivity index (χ1) is 8.95. The van der Waals surface area contributed by atoms with Crippen LogP contribution >= 0.6 is 15.9 Å². The van der Waals surface area contributed by atoms with Crippen molar-refractivity contribution in [1.29, 1.82) is 0 Å². The third-order valence-electron chi connectivity index (χ3n) is 3.26. The second kappa shape index (κ2) is 7.60. The number of benzene rings is 1. The van der Waals surface area contributed by atoms with Crippen molar-refractivity contribution in [3.8, 4) is 0 Å². The van der Waals surface area contributed by atoms with Gasteiger partial charge in [0.2, 0.25) is 5.91 Å². The molecule has 1 aromatic carbocycles. The molecule has 0 fully saturated rings. The van der Waals surface area contributed by atoms with E-state index in [0.29, 0.717) is 18.5 Å². The molecule has 0 aliphatic heterocycles. The zero-order chi connectivity index (χ0) is 14.4. The highest BCUT2D eigenvalue weighted by Gasteiger charge is 2.18. The Morgan fingerprint density at radius 3 is 2.84 bits per heavy atom. The number of carbonyl (C=O) groups is 1. The van der Waals surface area contributed by atoms with E-state index in [9.17, 15) is 9.18 Å². The fourth-order valence-electron chi connectivity index (χ4n) is 1.69. The quantitative estimate of drug-likeness (QED) is 0.842. The third kappa shape index (κ3) is 4.91. The largest absolute Gasteiger partial charge is 0.354 e. The first-order valence-electron chi connectivity index (χ1n) is 6.43. The van der Waals surface area contributed by atoms with Gasteiger partial charge in [0.25, 0.3) is 0 Å². The second-order valence-electron chi connectivity index (χ2n) is 4.69. The summed E-state index contributed by atoms with van der Waals surface area (Å²) in [4.78, 5) is 11.7. The topological polar surface area (TPSA) is 55.1 Å². The number of hydrogen-bond donors (Lipinski definition) is 2. The molecule has 0 bridgehead atoms. The maximum absolute atomic E-state index is 13.5. The van der Waals surface area contributed by atoms with E-state index in [1.54, 1.807) is 12.1 Å². The highest BCUT2D eigenvalue weighted by molar-refractivity contribution is 9.10. The molecule has 106 valence electrons. The van der Waals surface area contributed by atoms with Crippen LogP contribution in [0.4, 0.5) is 4.39 Å². The molecule has 1 aromatic rings. The van der Waals surface area contributed by atoms with Gasteiger partial charge in [-0.15, -0.1) is 0 Å². The van der Waals surface area contributed by atoms with E-state index < -0.39 is 6.04 Å². The molecule has 0 saturated carbocycles. The van der Waals surface area contributed by atoms with E-state index in [2.05, 4.69) is 21.2 Å². The van der Waals surface area contributed by atoms with Crippen LogP contribution < -0.4 is 11.1 Å². The molecule has 0 spiro atoms. The van der Waals surface area contributed by atoms with Gasteiger partial charge in [-0.1, -0.05) is 36.2 Å². The van der Waals surface area contributed by atoms with Gasteiger partial charge in [0.15, 0.2) is 0 Å². The summed E-state index contributed by atoms with van der Waals surface area (Å²) in [5, 5.41) is 2.75. The molecule has 2 atom stereocenters. The first-order valence-corrected chi connectivity index (χ1v) is 7.22. The molecule has 2 unspecified atom stereocenters. The Morgan fingerprint density at radius 1 is 1.53 bits per heavy atom. The number of carbonyl (C=O) groups excluding carboxylic acids is 1. The van der Waals surface area contributed by atoms with Crippen LogP contribution in [0.1, 0.15) is 25.8 Å². The summed E-state index contributed by atoms with van der Waals surface area (Å²) in [6.45, 7) is 4.32. The maximum Gasteiger partial charge on any atom is 0.237 e. The zero-order valence-electron chi connectivity index (χ0n) is 11.2. The second-order valence-corrected chi connectivity index (χ2v) is 5.60. The Bertz CT molecular complexity index is 439. The summed E-state index contributed by atoms with van der Waals surface area (Å²) in [7, 11) is 0. The molecular formula is C14H20BrFN2O. The fraction of sp³-hybridized carbons (Fsp3) is 0.500. The lowest BCUT2D eigenvalue weighted by atomic mass is 9.99. The van der Waals surface area contributed by atoms with Gasteiger partial charge in [-0.05, 0) is 36.1 Å². The van der Waals surface area contributed by atoms with E-state index in [0.717, 1.165) is 10.9 Å². The van der Waals surface area contributed by atoms with Gasteiger partial charge >= 0.3 is 0 Å². The number of nitrogens with two attached hydrogens (primary N) is 1. The van der Waals surface area contributed by atoms with Crippen molar-refractivity contribution in [2.45, 2.75) is 32.7 Å². The molecule has 5 heteroatoms. The Hall–Kier alpha value is -0.940. The molecule has 0 heterocycles. The summed E-state index contributed by atoms with van der Waals surface area (Å²) < 4.78 is 14.3. The number of amides is 1. The van der Waals surface area contributed by atoms with Crippen molar-refractivity contribution in [3.05, 3.63) is 34.1 Å². The highest BCUT2D eigenvalue weighted by Crippen LogP contribution is 2.15. The summed E-state index contributed by atoms with van der Waals surface area (Å²) in [6.07, 6.45) is 1.30. The zero-order valence-corrected chi connectivity index (χ0v) is 12.8. The highest BCUT2D eigenvalue weighted by atomic mass is 79.9. The number of nitrogens with one attached hydrogen (secondary N) is 1. The summed E-state index contributed by atoms with van der Waals surface area (Å²) >= 11 is 3.29. The molecular weight excluding hydrogens is 311 g/mol. The van der Waals surface area contributed by atoms with E-state index in [4.69, 9.17) is 5.73 Å². The lowest BCUT2D eigenvalue weighted by Gasteiger charge is -2.17. The minimum Gasteiger partial charge on any atom is -0.354 e. The van der Waals surface area contributed by atoms with E-state index >= 15 is 0 Å². The summed E-state index contributed by atoms with van der Waals surface area (Å²) in [5.74, 6) is -0.295. The van der Waals surface area contributed by atoms with Gasteiger partial charge < -0.3 is 11.1 Å². The van der Waals surface area contributed by atoms with Gasteiger partial charge in [-0.2, -0.15) is 0 Å². The molecule has 0 radical (unpaired) electrons. The van der Waals surface area contributed by atoms with Crippen molar-refractivity contribution >= 4 is 21.8 Å². The molecule has 0 aliphatic carbocycles. The van der Waals surface area contributed by atoms with E-state index in [-0.39, 0.29) is 17.6 Å². The van der Waals surface area contributed by atoms with Gasteiger partial charge in [-0.25, -0.2) is 4.39 Å². The van der Waals surface area contributed by atoms with Crippen molar-refractivity contribution in [3.63, 3.8) is 0 Å². The average Bonchev–Trinajstić information content (AvgIpc) is 2.40. The van der Waals surface area contributed by atoms with E-state index in [1.165, 1.54) is 6.07 Å². The van der Waals surface area contributed by atoms with Gasteiger partial charge in [0.1, 0.15) is 5.82 Å². The minimum atomic E-state index is -0.502. The predicted octanol–water partition coefficient (Wildman–Crippen LogP) is 2.62. The van der Waals surface area contributed by atoms with Crippen LogP contribution in [0.3, 0.4) is 0 Å².